The van der Waals surface area contributed by atoms with E-state index in [4.69, 9.17) is 4.74 Å². The molecule has 1 atom stereocenters. The summed E-state index contributed by atoms with van der Waals surface area (Å²) in [6.45, 7) is 0.690. The van der Waals surface area contributed by atoms with E-state index in [0.717, 1.165) is 24.0 Å². The number of unbranched alkanes of at least 4 members (excludes halogenated alkanes) is 2. The third kappa shape index (κ3) is 10.6. The van der Waals surface area contributed by atoms with Gasteiger partial charge in [-0.3, -0.25) is 4.79 Å². The fourth-order valence-corrected chi connectivity index (χ4v) is 3.23. The van der Waals surface area contributed by atoms with Gasteiger partial charge in [0.05, 0.1) is 0 Å². The molecule has 2 rings (SSSR count). The van der Waals surface area contributed by atoms with Gasteiger partial charge in [-0.2, -0.15) is 0 Å². The van der Waals surface area contributed by atoms with Crippen LogP contribution in [0.5, 0.6) is 0 Å². The lowest BCUT2D eigenvalue weighted by molar-refractivity contribution is -0.142. The van der Waals surface area contributed by atoms with Crippen molar-refractivity contribution in [1.82, 2.24) is 10.6 Å². The van der Waals surface area contributed by atoms with E-state index < -0.39 is 18.1 Å². The fourth-order valence-electron chi connectivity index (χ4n) is 3.23. The van der Waals surface area contributed by atoms with Crippen molar-refractivity contribution >= 4 is 18.0 Å². The third-order valence-corrected chi connectivity index (χ3v) is 5.00. The molecule has 0 fully saturated rings. The average Bonchev–Trinajstić information content (AvgIpc) is 2.80. The van der Waals surface area contributed by atoms with Crippen molar-refractivity contribution in [3.05, 3.63) is 71.8 Å². The largest absolute Gasteiger partial charge is 0.480 e. The van der Waals surface area contributed by atoms with Crippen LogP contribution in [0.2, 0.25) is 0 Å². The minimum absolute atomic E-state index is 0.225. The topological polar surface area (TPSA) is 105 Å². The summed E-state index contributed by atoms with van der Waals surface area (Å²) in [7, 11) is 0. The first-order valence-corrected chi connectivity index (χ1v) is 11.0. The van der Waals surface area contributed by atoms with E-state index in [1.54, 1.807) is 0 Å². The van der Waals surface area contributed by atoms with Crippen LogP contribution in [0.3, 0.4) is 0 Å². The van der Waals surface area contributed by atoms with E-state index in [2.05, 4.69) is 10.6 Å². The van der Waals surface area contributed by atoms with Gasteiger partial charge >= 0.3 is 12.1 Å². The second kappa shape index (κ2) is 14.6. The van der Waals surface area contributed by atoms with Crippen molar-refractivity contribution < 1.29 is 24.2 Å². The summed E-state index contributed by atoms with van der Waals surface area (Å²) in [5.41, 5.74) is 2.08. The van der Waals surface area contributed by atoms with E-state index in [1.807, 2.05) is 60.7 Å². The highest BCUT2D eigenvalue weighted by Gasteiger charge is 2.19. The Morgan fingerprint density at radius 3 is 2.16 bits per heavy atom. The molecule has 0 radical (unpaired) electrons. The summed E-state index contributed by atoms with van der Waals surface area (Å²) in [5.74, 6) is -1.27. The molecule has 0 aliphatic carbocycles. The molecule has 0 heterocycles. The predicted molar refractivity (Wildman–Crippen MR) is 122 cm³/mol. The van der Waals surface area contributed by atoms with Crippen LogP contribution in [-0.2, 0) is 27.4 Å². The van der Waals surface area contributed by atoms with Gasteiger partial charge in [-0.05, 0) is 43.2 Å². The van der Waals surface area contributed by atoms with Gasteiger partial charge in [0.1, 0.15) is 12.6 Å². The minimum Gasteiger partial charge on any atom is -0.480 e. The highest BCUT2D eigenvalue weighted by molar-refractivity contribution is 5.83. The van der Waals surface area contributed by atoms with E-state index in [1.165, 1.54) is 0 Å². The van der Waals surface area contributed by atoms with Gasteiger partial charge in [0, 0.05) is 13.0 Å². The predicted octanol–water partition coefficient (Wildman–Crippen LogP) is 4.07. The Kier molecular flexibility index (Phi) is 11.4. The Bertz CT molecular complexity index is 827. The van der Waals surface area contributed by atoms with Crippen LogP contribution >= 0.6 is 0 Å². The lowest BCUT2D eigenvalue weighted by atomic mass is 10.0. The number of nitrogens with one attached hydrogen (secondary N) is 2. The van der Waals surface area contributed by atoms with Gasteiger partial charge in [-0.25, -0.2) is 9.59 Å². The number of aryl methyl sites for hydroxylation is 1. The number of carboxylic acids is 1. The van der Waals surface area contributed by atoms with Crippen LogP contribution in [0.25, 0.3) is 0 Å². The van der Waals surface area contributed by atoms with Gasteiger partial charge in [0.2, 0.25) is 5.91 Å². The molecule has 0 bridgehead atoms. The number of amides is 2. The van der Waals surface area contributed by atoms with E-state index >= 15 is 0 Å². The minimum atomic E-state index is -1.01. The maximum absolute atomic E-state index is 12.1. The van der Waals surface area contributed by atoms with Crippen molar-refractivity contribution in [3.63, 3.8) is 0 Å². The zero-order valence-corrected chi connectivity index (χ0v) is 18.3. The fraction of sp³-hybridized carbons (Fsp3) is 0.400. The molecule has 2 aromatic rings. The van der Waals surface area contributed by atoms with Crippen molar-refractivity contribution in [3.8, 4) is 0 Å². The quantitative estimate of drug-likeness (QED) is 0.384. The molecule has 0 saturated heterocycles. The number of carbonyl (C=O) groups excluding carboxylic acids is 2. The molecule has 172 valence electrons. The number of hydrogen-bond acceptors (Lipinski definition) is 4. The van der Waals surface area contributed by atoms with Gasteiger partial charge < -0.3 is 20.5 Å². The number of ether oxygens (including phenoxy) is 1. The normalized spacial score (nSPS) is 11.4. The van der Waals surface area contributed by atoms with E-state index in [-0.39, 0.29) is 18.9 Å². The van der Waals surface area contributed by atoms with Gasteiger partial charge in [0.15, 0.2) is 0 Å². The SMILES string of the molecule is O=C(CCCCCNC(=O)OCc1ccccc1)N[C@@H](CCCc1ccccc1)C(=O)O. The van der Waals surface area contributed by atoms with Crippen LogP contribution in [-0.4, -0.2) is 35.7 Å². The highest BCUT2D eigenvalue weighted by atomic mass is 16.5. The summed E-state index contributed by atoms with van der Waals surface area (Å²) in [4.78, 5) is 35.2. The first-order chi connectivity index (χ1) is 15.5. The number of hydrogen-bond donors (Lipinski definition) is 3. The van der Waals surface area contributed by atoms with Crippen molar-refractivity contribution in [2.45, 2.75) is 57.6 Å². The van der Waals surface area contributed by atoms with E-state index in [0.29, 0.717) is 32.2 Å². The maximum atomic E-state index is 12.1. The Balaban J connectivity index is 1.52. The van der Waals surface area contributed by atoms with Crippen molar-refractivity contribution in [2.75, 3.05) is 6.54 Å². The molecule has 3 N–H and O–H groups in total. The molecule has 2 amide bonds. The first kappa shape index (κ1) is 24.9. The molecule has 0 spiro atoms. The summed E-state index contributed by atoms with van der Waals surface area (Å²) >= 11 is 0. The summed E-state index contributed by atoms with van der Waals surface area (Å²) < 4.78 is 5.13. The number of benzene rings is 2. The van der Waals surface area contributed by atoms with Crippen LogP contribution < -0.4 is 10.6 Å². The molecule has 0 aliphatic rings. The number of carboxylic acid groups (broad SMARTS) is 1. The molecule has 0 aromatic heterocycles. The van der Waals surface area contributed by atoms with Crippen molar-refractivity contribution in [1.29, 1.82) is 0 Å². The molecule has 7 heteroatoms. The van der Waals surface area contributed by atoms with E-state index in [9.17, 15) is 19.5 Å². The number of aliphatic carboxylic acids is 1. The van der Waals surface area contributed by atoms with Gasteiger partial charge in [-0.15, -0.1) is 0 Å². The average molecular weight is 441 g/mol. The Hall–Kier alpha value is -3.35. The molecular weight excluding hydrogens is 408 g/mol. The number of alkyl carbamates (subject to hydrolysis) is 1. The van der Waals surface area contributed by atoms with Crippen LogP contribution in [0.4, 0.5) is 4.79 Å². The Morgan fingerprint density at radius 2 is 1.50 bits per heavy atom. The second-order valence-electron chi connectivity index (χ2n) is 7.64. The zero-order valence-electron chi connectivity index (χ0n) is 18.3. The standard InChI is InChI=1S/C25H32N2O5/c28-23(27-22(24(29)30)16-10-15-20-11-4-1-5-12-20)17-8-3-9-18-26-25(31)32-19-21-13-6-2-7-14-21/h1-2,4-7,11-14,22H,3,8-10,15-19H2,(H,26,31)(H,27,28)(H,29,30)/t22-/m0/s1. The molecule has 7 nitrogen and oxygen atoms in total. The second-order valence-corrected chi connectivity index (χ2v) is 7.64. The summed E-state index contributed by atoms with van der Waals surface area (Å²) in [5, 5.41) is 14.7. The third-order valence-electron chi connectivity index (χ3n) is 5.00. The summed E-state index contributed by atoms with van der Waals surface area (Å²) in [6, 6.07) is 18.4. The van der Waals surface area contributed by atoms with Crippen LogP contribution in [0.1, 0.15) is 49.7 Å². The van der Waals surface area contributed by atoms with Gasteiger partial charge in [0.25, 0.3) is 0 Å². The van der Waals surface area contributed by atoms with Gasteiger partial charge in [-0.1, -0.05) is 67.1 Å². The number of carbonyl (C=O) groups is 3. The number of rotatable bonds is 14. The lowest BCUT2D eigenvalue weighted by Gasteiger charge is -2.14. The molecule has 0 saturated carbocycles. The Labute approximate surface area is 189 Å². The maximum Gasteiger partial charge on any atom is 0.407 e. The summed E-state index contributed by atoms with van der Waals surface area (Å²) in [6.07, 6.45) is 3.75. The zero-order chi connectivity index (χ0) is 23.0. The molecular formula is C25H32N2O5. The van der Waals surface area contributed by atoms with Crippen LogP contribution in [0, 0.1) is 0 Å². The molecule has 0 unspecified atom stereocenters. The highest BCUT2D eigenvalue weighted by Crippen LogP contribution is 2.08. The Morgan fingerprint density at radius 1 is 0.844 bits per heavy atom. The monoisotopic (exact) mass is 440 g/mol. The smallest absolute Gasteiger partial charge is 0.407 e. The molecule has 32 heavy (non-hydrogen) atoms. The molecule has 0 aliphatic heterocycles. The first-order valence-electron chi connectivity index (χ1n) is 11.0. The molecule has 2 aromatic carbocycles. The van der Waals surface area contributed by atoms with Crippen molar-refractivity contribution in [2.24, 2.45) is 0 Å². The van der Waals surface area contributed by atoms with Crippen LogP contribution in [0.15, 0.2) is 60.7 Å². The lowest BCUT2D eigenvalue weighted by Crippen LogP contribution is -2.40.